The highest BCUT2D eigenvalue weighted by Crippen LogP contribution is 2.37. The summed E-state index contributed by atoms with van der Waals surface area (Å²) in [6.07, 6.45) is 0. The molecule has 1 atom stereocenters. The van der Waals surface area contributed by atoms with Crippen LogP contribution in [0.25, 0.3) is 10.8 Å². The largest absolute Gasteiger partial charge is 0.497 e. The van der Waals surface area contributed by atoms with E-state index in [1.165, 1.54) is 37.4 Å². The number of carbonyl (C=O) groups is 2. The number of fused-ring (bicyclic) bond motifs is 1. The summed E-state index contributed by atoms with van der Waals surface area (Å²) in [5.41, 5.74) is -4.41. The molecule has 0 bridgehead atoms. The van der Waals surface area contributed by atoms with E-state index in [0.717, 1.165) is 5.39 Å². The summed E-state index contributed by atoms with van der Waals surface area (Å²) in [5, 5.41) is 13.5. The molecule has 0 radical (unpaired) electrons. The number of rotatable bonds is 8. The molecule has 0 heterocycles. The molecule has 3 rings (SSSR count). The molecule has 10 heteroatoms. The van der Waals surface area contributed by atoms with Gasteiger partial charge in [0.05, 0.1) is 12.7 Å². The second-order valence-electron chi connectivity index (χ2n) is 9.12. The zero-order valence-corrected chi connectivity index (χ0v) is 20.9. The van der Waals surface area contributed by atoms with Crippen molar-refractivity contribution in [3.8, 4) is 11.5 Å². The highest BCUT2D eigenvalue weighted by atomic mass is 32.2. The number of amides is 1. The summed E-state index contributed by atoms with van der Waals surface area (Å²) in [5.74, 6) is -0.968. The Morgan fingerprint density at radius 3 is 2.25 bits per heavy atom. The van der Waals surface area contributed by atoms with Crippen molar-refractivity contribution in [3.05, 3.63) is 65.7 Å². The smallest absolute Gasteiger partial charge is 0.446 e. The van der Waals surface area contributed by atoms with Crippen LogP contribution in [0.5, 0.6) is 11.5 Å². The number of aliphatic carboxylic acids is 1. The van der Waals surface area contributed by atoms with Gasteiger partial charge in [-0.05, 0) is 64.5 Å². The summed E-state index contributed by atoms with van der Waals surface area (Å²) in [6, 6.07) is 13.0. The summed E-state index contributed by atoms with van der Waals surface area (Å²) in [7, 11) is 1.53. The van der Waals surface area contributed by atoms with Gasteiger partial charge in [-0.15, -0.1) is 0 Å². The quantitative estimate of drug-likeness (QED) is 0.340. The van der Waals surface area contributed by atoms with Crippen LogP contribution in [0.15, 0.2) is 59.5 Å². The molecule has 0 aromatic heterocycles. The fourth-order valence-electron chi connectivity index (χ4n) is 3.54. The van der Waals surface area contributed by atoms with E-state index in [2.05, 4.69) is 5.32 Å². The Bertz CT molecular complexity index is 1250. The first-order chi connectivity index (χ1) is 16.8. The van der Waals surface area contributed by atoms with Gasteiger partial charge in [-0.25, -0.2) is 4.79 Å². The minimum absolute atomic E-state index is 0.0238. The van der Waals surface area contributed by atoms with Gasteiger partial charge in [0.25, 0.3) is 5.91 Å². The lowest BCUT2D eigenvalue weighted by molar-refractivity contribution is -0.142. The lowest BCUT2D eigenvalue weighted by Crippen LogP contribution is -2.49. The van der Waals surface area contributed by atoms with Crippen LogP contribution >= 0.6 is 11.8 Å². The van der Waals surface area contributed by atoms with Crippen molar-refractivity contribution in [2.75, 3.05) is 7.11 Å². The number of hydrogen-bond acceptors (Lipinski definition) is 5. The fraction of sp³-hybridized carbons (Fsp3) is 0.308. The van der Waals surface area contributed by atoms with Crippen molar-refractivity contribution in [1.82, 2.24) is 5.32 Å². The van der Waals surface area contributed by atoms with Crippen molar-refractivity contribution in [2.45, 2.75) is 43.8 Å². The van der Waals surface area contributed by atoms with Gasteiger partial charge in [0.2, 0.25) is 0 Å². The van der Waals surface area contributed by atoms with Crippen LogP contribution in [0, 0.1) is 5.41 Å². The minimum Gasteiger partial charge on any atom is -0.497 e. The summed E-state index contributed by atoms with van der Waals surface area (Å²) < 4.78 is 49.1. The topological polar surface area (TPSA) is 84.9 Å². The zero-order chi connectivity index (χ0) is 26.7. The van der Waals surface area contributed by atoms with Crippen LogP contribution in [-0.4, -0.2) is 35.6 Å². The third-order valence-electron chi connectivity index (χ3n) is 5.35. The summed E-state index contributed by atoms with van der Waals surface area (Å²) in [6.45, 7) is 5.09. The first-order valence-electron chi connectivity index (χ1n) is 10.9. The molecular weight excluding hydrogens is 495 g/mol. The third kappa shape index (κ3) is 6.84. The second kappa shape index (κ2) is 10.7. The SMILES string of the molecule is COc1ccc2c(OCc3ccc(SC(F)(F)F)cc3)c(C(=O)NC(C(=O)O)C(C)(C)C)ccc2c1. The van der Waals surface area contributed by atoms with Crippen LogP contribution in [0.1, 0.15) is 36.7 Å². The van der Waals surface area contributed by atoms with Gasteiger partial charge in [-0.1, -0.05) is 39.0 Å². The minimum atomic E-state index is -4.38. The van der Waals surface area contributed by atoms with Crippen molar-refractivity contribution in [2.24, 2.45) is 5.41 Å². The molecule has 36 heavy (non-hydrogen) atoms. The molecule has 0 spiro atoms. The Labute approximate surface area is 210 Å². The van der Waals surface area contributed by atoms with Gasteiger partial charge in [0.1, 0.15) is 24.1 Å². The highest BCUT2D eigenvalue weighted by molar-refractivity contribution is 8.00. The Kier molecular flexibility index (Phi) is 8.08. The van der Waals surface area contributed by atoms with Crippen LogP contribution in [0.4, 0.5) is 13.2 Å². The van der Waals surface area contributed by atoms with Crippen LogP contribution < -0.4 is 14.8 Å². The normalized spacial score (nSPS) is 12.8. The summed E-state index contributed by atoms with van der Waals surface area (Å²) >= 11 is -0.208. The number of hydrogen-bond donors (Lipinski definition) is 2. The van der Waals surface area contributed by atoms with Gasteiger partial charge in [0.15, 0.2) is 0 Å². The van der Waals surface area contributed by atoms with Crippen LogP contribution in [-0.2, 0) is 11.4 Å². The first-order valence-corrected chi connectivity index (χ1v) is 11.7. The van der Waals surface area contributed by atoms with E-state index in [0.29, 0.717) is 16.7 Å². The first kappa shape index (κ1) is 27.2. The van der Waals surface area contributed by atoms with Gasteiger partial charge >= 0.3 is 11.5 Å². The Hall–Kier alpha value is -3.40. The molecule has 0 saturated heterocycles. The van der Waals surface area contributed by atoms with E-state index in [-0.39, 0.29) is 34.6 Å². The van der Waals surface area contributed by atoms with Gasteiger partial charge in [-0.3, -0.25) is 4.79 Å². The Morgan fingerprint density at radius 1 is 1.03 bits per heavy atom. The number of thioether (sulfide) groups is 1. The number of carboxylic acid groups (broad SMARTS) is 1. The molecule has 1 unspecified atom stereocenters. The van der Waals surface area contributed by atoms with Crippen molar-refractivity contribution in [1.29, 1.82) is 0 Å². The van der Waals surface area contributed by atoms with E-state index >= 15 is 0 Å². The molecule has 0 aliphatic rings. The maximum Gasteiger partial charge on any atom is 0.446 e. The molecule has 3 aromatic carbocycles. The van der Waals surface area contributed by atoms with Crippen molar-refractivity contribution < 1.29 is 37.3 Å². The monoisotopic (exact) mass is 521 g/mol. The van der Waals surface area contributed by atoms with Crippen molar-refractivity contribution in [3.63, 3.8) is 0 Å². The molecule has 2 N–H and O–H groups in total. The molecule has 192 valence electrons. The lowest BCUT2D eigenvalue weighted by Gasteiger charge is -2.28. The van der Waals surface area contributed by atoms with Crippen LogP contribution in [0.3, 0.4) is 0 Å². The van der Waals surface area contributed by atoms with Gasteiger partial charge < -0.3 is 19.9 Å². The number of benzene rings is 3. The molecule has 0 aliphatic heterocycles. The van der Waals surface area contributed by atoms with E-state index in [4.69, 9.17) is 9.47 Å². The van der Waals surface area contributed by atoms with E-state index in [1.807, 2.05) is 0 Å². The predicted molar refractivity (Wildman–Crippen MR) is 132 cm³/mol. The average molecular weight is 522 g/mol. The number of methoxy groups -OCH3 is 1. The van der Waals surface area contributed by atoms with Crippen LogP contribution in [0.2, 0.25) is 0 Å². The number of ether oxygens (including phenoxy) is 2. The number of alkyl halides is 3. The lowest BCUT2D eigenvalue weighted by atomic mass is 9.86. The molecule has 6 nitrogen and oxygen atoms in total. The maximum absolute atomic E-state index is 13.2. The standard InChI is InChI=1S/C26H26F3NO5S/c1-25(2,3)22(24(32)33)30-23(31)20-11-7-16-13-17(34-4)8-12-19(16)21(20)35-14-15-5-9-18(10-6-15)36-26(27,28)29/h5-13,22H,14H2,1-4H3,(H,30,31)(H,32,33). The Balaban J connectivity index is 1.95. The third-order valence-corrected chi connectivity index (χ3v) is 6.09. The summed E-state index contributed by atoms with van der Waals surface area (Å²) in [4.78, 5) is 25.0. The number of carbonyl (C=O) groups excluding carboxylic acids is 1. The average Bonchev–Trinajstić information content (AvgIpc) is 2.79. The molecule has 0 fully saturated rings. The highest BCUT2D eigenvalue weighted by Gasteiger charge is 2.33. The van der Waals surface area contributed by atoms with E-state index in [9.17, 15) is 27.9 Å². The number of carboxylic acids is 1. The Morgan fingerprint density at radius 2 is 1.69 bits per heavy atom. The van der Waals surface area contributed by atoms with E-state index in [1.54, 1.807) is 45.0 Å². The zero-order valence-electron chi connectivity index (χ0n) is 20.1. The molecule has 0 saturated carbocycles. The predicted octanol–water partition coefficient (Wildman–Crippen LogP) is 6.27. The molecule has 0 aliphatic carbocycles. The maximum atomic E-state index is 13.2. The van der Waals surface area contributed by atoms with Crippen molar-refractivity contribution >= 4 is 34.4 Å². The molecule has 3 aromatic rings. The second-order valence-corrected chi connectivity index (χ2v) is 10.3. The number of nitrogens with one attached hydrogen (secondary N) is 1. The fourth-order valence-corrected chi connectivity index (χ4v) is 4.08. The molecule has 1 amide bonds. The molecular formula is C26H26F3NO5S. The van der Waals surface area contributed by atoms with Gasteiger partial charge in [-0.2, -0.15) is 13.2 Å². The number of halogens is 3. The van der Waals surface area contributed by atoms with E-state index < -0.39 is 28.8 Å². The van der Waals surface area contributed by atoms with Gasteiger partial charge in [0, 0.05) is 10.3 Å².